The van der Waals surface area contributed by atoms with Crippen LogP contribution in [-0.2, 0) is 19.1 Å². The van der Waals surface area contributed by atoms with E-state index < -0.39 is 48.6 Å². The minimum atomic E-state index is -4.00. The smallest absolute Gasteiger partial charge is 0.407 e. The third kappa shape index (κ3) is 4.12. The number of nitrogens with one attached hydrogen (secondary N) is 1. The molecule has 2 heterocycles. The highest BCUT2D eigenvalue weighted by Crippen LogP contribution is 2.44. The molecular weight excluding hydrogens is 462 g/mol. The summed E-state index contributed by atoms with van der Waals surface area (Å²) in [6.45, 7) is -1.09. The van der Waals surface area contributed by atoms with Crippen LogP contribution in [0.1, 0.15) is 29.9 Å². The second-order valence-electron chi connectivity index (χ2n) is 8.95. The molecular formula is C25H24F2N2O6. The number of ether oxygens (including phenoxy) is 2. The van der Waals surface area contributed by atoms with Crippen LogP contribution in [0, 0.1) is 0 Å². The fourth-order valence-electron chi connectivity index (χ4n) is 5.35. The number of likely N-dealkylation sites (tertiary alicyclic amines) is 1. The van der Waals surface area contributed by atoms with E-state index in [-0.39, 0.29) is 32.0 Å². The van der Waals surface area contributed by atoms with Crippen molar-refractivity contribution < 1.29 is 37.7 Å². The molecule has 3 unspecified atom stereocenters. The molecule has 2 aliphatic heterocycles. The zero-order chi connectivity index (χ0) is 24.7. The van der Waals surface area contributed by atoms with Crippen LogP contribution < -0.4 is 5.32 Å². The quantitative estimate of drug-likeness (QED) is 0.651. The molecule has 2 saturated heterocycles. The predicted molar refractivity (Wildman–Crippen MR) is 119 cm³/mol. The average Bonchev–Trinajstić information content (AvgIpc) is 3.53. The number of alkyl carbamates (subject to hydrolysis) is 1. The number of hydrogen-bond donors (Lipinski definition) is 2. The minimum Gasteiger partial charge on any atom is -0.480 e. The SMILES string of the molecule is O=C(NCC(F)(F)C(=O)N1C(C(=O)O)CC2OCCC21)OCC1c2ccccc2-c2ccccc21. The first-order chi connectivity index (χ1) is 16.8. The molecule has 0 bridgehead atoms. The molecule has 184 valence electrons. The number of nitrogens with zero attached hydrogens (tertiary/aromatic N) is 1. The number of carbonyl (C=O) groups excluding carboxylic acids is 2. The third-order valence-electron chi connectivity index (χ3n) is 6.95. The minimum absolute atomic E-state index is 0.0401. The van der Waals surface area contributed by atoms with Crippen LogP contribution in [0.4, 0.5) is 13.6 Å². The molecule has 0 radical (unpaired) electrons. The van der Waals surface area contributed by atoms with Crippen molar-refractivity contribution in [2.24, 2.45) is 0 Å². The Balaban J connectivity index is 1.21. The molecule has 3 atom stereocenters. The third-order valence-corrected chi connectivity index (χ3v) is 6.95. The lowest BCUT2D eigenvalue weighted by Crippen LogP contribution is -2.55. The largest absolute Gasteiger partial charge is 0.480 e. The average molecular weight is 486 g/mol. The zero-order valence-electron chi connectivity index (χ0n) is 18.7. The molecule has 2 fully saturated rings. The van der Waals surface area contributed by atoms with Gasteiger partial charge in [-0.05, 0) is 28.7 Å². The van der Waals surface area contributed by atoms with Gasteiger partial charge in [0.25, 0.3) is 5.91 Å². The van der Waals surface area contributed by atoms with Crippen LogP contribution in [0.5, 0.6) is 0 Å². The van der Waals surface area contributed by atoms with Crippen molar-refractivity contribution in [3.05, 3.63) is 59.7 Å². The van der Waals surface area contributed by atoms with Gasteiger partial charge in [0.15, 0.2) is 0 Å². The summed E-state index contributed by atoms with van der Waals surface area (Å²) in [5.74, 6) is -7.24. The van der Waals surface area contributed by atoms with Crippen LogP contribution in [0.2, 0.25) is 0 Å². The predicted octanol–water partition coefficient (Wildman–Crippen LogP) is 3.00. The summed E-state index contributed by atoms with van der Waals surface area (Å²) in [6, 6.07) is 13.3. The number of carboxylic acid groups (broad SMARTS) is 1. The first-order valence-corrected chi connectivity index (χ1v) is 11.4. The Morgan fingerprint density at radius 2 is 1.71 bits per heavy atom. The van der Waals surface area contributed by atoms with Crippen LogP contribution >= 0.6 is 0 Å². The Labute approximate surface area is 199 Å². The van der Waals surface area contributed by atoms with Crippen molar-refractivity contribution >= 4 is 18.0 Å². The van der Waals surface area contributed by atoms with Gasteiger partial charge in [0.1, 0.15) is 12.6 Å². The van der Waals surface area contributed by atoms with E-state index in [0.29, 0.717) is 4.90 Å². The highest BCUT2D eigenvalue weighted by Gasteiger charge is 2.55. The van der Waals surface area contributed by atoms with Crippen molar-refractivity contribution in [3.63, 3.8) is 0 Å². The van der Waals surface area contributed by atoms with Crippen molar-refractivity contribution in [3.8, 4) is 11.1 Å². The highest BCUT2D eigenvalue weighted by atomic mass is 19.3. The van der Waals surface area contributed by atoms with E-state index in [4.69, 9.17) is 9.47 Å². The molecule has 3 aliphatic rings. The Hall–Kier alpha value is -3.53. The van der Waals surface area contributed by atoms with E-state index in [1.165, 1.54) is 0 Å². The molecule has 0 aromatic heterocycles. The maximum atomic E-state index is 14.8. The second kappa shape index (κ2) is 8.92. The summed E-state index contributed by atoms with van der Waals surface area (Å²) in [7, 11) is 0. The van der Waals surface area contributed by atoms with Gasteiger partial charge < -0.3 is 24.8 Å². The highest BCUT2D eigenvalue weighted by molar-refractivity contribution is 5.90. The second-order valence-corrected chi connectivity index (χ2v) is 8.95. The van der Waals surface area contributed by atoms with E-state index in [2.05, 4.69) is 0 Å². The summed E-state index contributed by atoms with van der Waals surface area (Å²) in [4.78, 5) is 37.2. The van der Waals surface area contributed by atoms with Crippen molar-refractivity contribution in [1.29, 1.82) is 0 Å². The number of amides is 2. The fourth-order valence-corrected chi connectivity index (χ4v) is 5.35. The molecule has 2 aromatic rings. The van der Waals surface area contributed by atoms with Gasteiger partial charge >= 0.3 is 18.0 Å². The summed E-state index contributed by atoms with van der Waals surface area (Å²) in [6.07, 6.45) is -1.42. The van der Waals surface area contributed by atoms with E-state index in [9.17, 15) is 28.3 Å². The number of hydrogen-bond acceptors (Lipinski definition) is 5. The molecule has 5 rings (SSSR count). The first kappa shape index (κ1) is 23.2. The van der Waals surface area contributed by atoms with E-state index in [1.807, 2.05) is 53.8 Å². The monoisotopic (exact) mass is 486 g/mol. The molecule has 8 nitrogen and oxygen atoms in total. The van der Waals surface area contributed by atoms with Crippen LogP contribution in [-0.4, -0.2) is 71.8 Å². The van der Waals surface area contributed by atoms with Crippen molar-refractivity contribution in [1.82, 2.24) is 10.2 Å². The van der Waals surface area contributed by atoms with Gasteiger partial charge in [-0.3, -0.25) is 4.79 Å². The summed E-state index contributed by atoms with van der Waals surface area (Å²) < 4.78 is 40.2. The van der Waals surface area contributed by atoms with Gasteiger partial charge in [-0.1, -0.05) is 48.5 Å². The number of fused-ring (bicyclic) bond motifs is 4. The Kier molecular flexibility index (Phi) is 5.92. The van der Waals surface area contributed by atoms with Crippen LogP contribution in [0.3, 0.4) is 0 Å². The molecule has 2 aromatic carbocycles. The normalized spacial score (nSPS) is 22.9. The fraction of sp³-hybridized carbons (Fsp3) is 0.400. The maximum absolute atomic E-state index is 14.8. The van der Waals surface area contributed by atoms with Crippen LogP contribution in [0.15, 0.2) is 48.5 Å². The van der Waals surface area contributed by atoms with Gasteiger partial charge in [-0.25, -0.2) is 9.59 Å². The van der Waals surface area contributed by atoms with E-state index >= 15 is 0 Å². The number of rotatable bonds is 6. The van der Waals surface area contributed by atoms with Gasteiger partial charge in [0.05, 0.1) is 18.7 Å². The molecule has 2 N–H and O–H groups in total. The van der Waals surface area contributed by atoms with Crippen molar-refractivity contribution in [2.75, 3.05) is 19.8 Å². The number of benzene rings is 2. The van der Waals surface area contributed by atoms with Gasteiger partial charge in [0, 0.05) is 18.9 Å². The molecule has 0 saturated carbocycles. The van der Waals surface area contributed by atoms with Gasteiger partial charge in [0.2, 0.25) is 0 Å². The van der Waals surface area contributed by atoms with Gasteiger partial charge in [-0.2, -0.15) is 8.78 Å². The Morgan fingerprint density at radius 3 is 2.34 bits per heavy atom. The standard InChI is InChI=1S/C25H24F2N2O6/c26-25(27,23(32)29-19-9-10-34-21(19)11-20(29)22(30)31)13-28-24(33)35-12-18-16-7-3-1-5-14(16)15-6-2-4-8-17(15)18/h1-8,18-21H,9-13H2,(H,28,33)(H,30,31). The van der Waals surface area contributed by atoms with Crippen LogP contribution in [0.25, 0.3) is 11.1 Å². The summed E-state index contributed by atoms with van der Waals surface area (Å²) >= 11 is 0. The molecule has 35 heavy (non-hydrogen) atoms. The number of carbonyl (C=O) groups is 3. The van der Waals surface area contributed by atoms with Gasteiger partial charge in [-0.15, -0.1) is 0 Å². The number of aliphatic carboxylic acids is 1. The van der Waals surface area contributed by atoms with E-state index in [0.717, 1.165) is 22.3 Å². The number of alkyl halides is 2. The summed E-state index contributed by atoms with van der Waals surface area (Å²) in [5.41, 5.74) is 4.01. The lowest BCUT2D eigenvalue weighted by Gasteiger charge is -2.30. The lowest BCUT2D eigenvalue weighted by atomic mass is 9.98. The first-order valence-electron chi connectivity index (χ1n) is 11.4. The lowest BCUT2D eigenvalue weighted by molar-refractivity contribution is -0.165. The molecule has 0 spiro atoms. The number of carboxylic acids is 1. The summed E-state index contributed by atoms with van der Waals surface area (Å²) in [5, 5.41) is 11.4. The topological polar surface area (TPSA) is 105 Å². The van der Waals surface area contributed by atoms with Crippen molar-refractivity contribution in [2.45, 2.75) is 42.9 Å². The number of halogens is 2. The molecule has 10 heteroatoms. The van der Waals surface area contributed by atoms with E-state index in [1.54, 1.807) is 0 Å². The molecule has 1 aliphatic carbocycles. The zero-order valence-corrected chi connectivity index (χ0v) is 18.7. The maximum Gasteiger partial charge on any atom is 0.407 e. The molecule has 2 amide bonds. The Bertz CT molecular complexity index is 1130. The Morgan fingerprint density at radius 1 is 1.09 bits per heavy atom.